The number of carbonyl (C=O) groups excluding carboxylic acids is 3. The summed E-state index contributed by atoms with van der Waals surface area (Å²) < 4.78 is 10.8. The second-order valence-electron chi connectivity index (χ2n) is 8.32. The van der Waals surface area contributed by atoms with Crippen LogP contribution < -0.4 is 14.8 Å². The fraction of sp³-hybridized carbons (Fsp3) is 0.200. The Morgan fingerprint density at radius 3 is 2.68 bits per heavy atom. The van der Waals surface area contributed by atoms with Crippen molar-refractivity contribution in [3.05, 3.63) is 72.1 Å². The molecule has 1 fully saturated rings. The number of piperazine rings is 1. The van der Waals surface area contributed by atoms with Crippen LogP contribution in [0, 0.1) is 0 Å². The Labute approximate surface area is 194 Å². The number of fused-ring (bicyclic) bond motifs is 3. The van der Waals surface area contributed by atoms with Gasteiger partial charge in [-0.05, 0) is 47.5 Å². The first-order valence-electron chi connectivity index (χ1n) is 10.9. The maximum absolute atomic E-state index is 13.5. The number of benzene rings is 2. The average molecular weight is 456 g/mol. The van der Waals surface area contributed by atoms with Crippen LogP contribution in [0.2, 0.25) is 0 Å². The van der Waals surface area contributed by atoms with Gasteiger partial charge in [-0.2, -0.15) is 0 Å². The van der Waals surface area contributed by atoms with E-state index in [4.69, 9.17) is 9.47 Å². The van der Waals surface area contributed by atoms with E-state index in [-0.39, 0.29) is 37.6 Å². The minimum absolute atomic E-state index is 0.119. The van der Waals surface area contributed by atoms with E-state index in [0.717, 1.165) is 11.1 Å². The number of pyridine rings is 1. The van der Waals surface area contributed by atoms with Crippen LogP contribution in [0.4, 0.5) is 5.69 Å². The predicted molar refractivity (Wildman–Crippen MR) is 122 cm³/mol. The molecule has 9 nitrogen and oxygen atoms in total. The Bertz CT molecular complexity index is 1330. The van der Waals surface area contributed by atoms with Gasteiger partial charge in [0.25, 0.3) is 11.8 Å². The molecule has 0 aliphatic carbocycles. The molecule has 3 aromatic rings. The Balaban J connectivity index is 1.29. The van der Waals surface area contributed by atoms with Gasteiger partial charge >= 0.3 is 0 Å². The van der Waals surface area contributed by atoms with Gasteiger partial charge in [0.1, 0.15) is 6.04 Å². The highest BCUT2D eigenvalue weighted by atomic mass is 16.7. The minimum Gasteiger partial charge on any atom is -0.454 e. The Kier molecular flexibility index (Phi) is 4.68. The van der Waals surface area contributed by atoms with E-state index in [9.17, 15) is 14.4 Å². The van der Waals surface area contributed by atoms with Gasteiger partial charge in [-0.15, -0.1) is 0 Å². The number of amides is 3. The second kappa shape index (κ2) is 7.87. The molecule has 0 spiro atoms. The largest absolute Gasteiger partial charge is 0.454 e. The topological polar surface area (TPSA) is 101 Å². The maximum atomic E-state index is 13.5. The normalized spacial score (nSPS) is 18.6. The lowest BCUT2D eigenvalue weighted by Crippen LogP contribution is -2.59. The molecule has 0 bridgehead atoms. The first-order valence-corrected chi connectivity index (χ1v) is 10.9. The number of carbonyl (C=O) groups is 3. The summed E-state index contributed by atoms with van der Waals surface area (Å²) in [6, 6.07) is 13.6. The smallest absolute Gasteiger partial charge is 0.256 e. The zero-order valence-electron chi connectivity index (χ0n) is 18.1. The standard InChI is InChI=1S/C25H20N4O5/c30-23-20-13-28(24(31)17-2-1-7-26-12-17)8-9-29(20)25(32)18-10-15(3-5-19(18)27-23)16-4-6-21-22(11-16)34-14-33-21/h1-7,10-12,20H,8-9,13-14H2,(H,27,30). The zero-order valence-corrected chi connectivity index (χ0v) is 18.1. The van der Waals surface area contributed by atoms with Crippen molar-refractivity contribution in [2.75, 3.05) is 31.7 Å². The summed E-state index contributed by atoms with van der Waals surface area (Å²) in [5.74, 6) is 0.575. The molecule has 34 heavy (non-hydrogen) atoms. The third-order valence-electron chi connectivity index (χ3n) is 6.35. The van der Waals surface area contributed by atoms with Crippen molar-refractivity contribution in [1.29, 1.82) is 0 Å². The molecule has 0 radical (unpaired) electrons. The van der Waals surface area contributed by atoms with Gasteiger partial charge < -0.3 is 24.6 Å². The number of hydrogen-bond donors (Lipinski definition) is 1. The molecular formula is C25H20N4O5. The van der Waals surface area contributed by atoms with Gasteiger partial charge in [-0.1, -0.05) is 12.1 Å². The SMILES string of the molecule is O=C1Nc2ccc(-c3ccc4c(c3)OCO4)cc2C(=O)N2CCN(C(=O)c3cccnc3)CC12. The van der Waals surface area contributed by atoms with Gasteiger partial charge in [0, 0.05) is 25.5 Å². The number of nitrogens with one attached hydrogen (secondary N) is 1. The maximum Gasteiger partial charge on any atom is 0.256 e. The lowest BCUT2D eigenvalue weighted by atomic mass is 10.0. The number of aromatic nitrogens is 1. The van der Waals surface area contributed by atoms with Crippen LogP contribution in [0.3, 0.4) is 0 Å². The Morgan fingerprint density at radius 1 is 1.00 bits per heavy atom. The Hall–Kier alpha value is -4.40. The molecule has 0 saturated carbocycles. The summed E-state index contributed by atoms with van der Waals surface area (Å²) in [6.07, 6.45) is 3.10. The van der Waals surface area contributed by atoms with Crippen molar-refractivity contribution >= 4 is 23.4 Å². The number of rotatable bonds is 2. The second-order valence-corrected chi connectivity index (χ2v) is 8.32. The van der Waals surface area contributed by atoms with Gasteiger partial charge in [-0.25, -0.2) is 0 Å². The number of nitrogens with zero attached hydrogens (tertiary/aromatic N) is 3. The highest BCUT2D eigenvalue weighted by Gasteiger charge is 2.40. The predicted octanol–water partition coefficient (Wildman–Crippen LogP) is 2.40. The van der Waals surface area contributed by atoms with E-state index in [0.29, 0.717) is 34.9 Å². The molecule has 1 N–H and O–H groups in total. The fourth-order valence-electron chi connectivity index (χ4n) is 4.56. The summed E-state index contributed by atoms with van der Waals surface area (Å²) in [7, 11) is 0. The molecular weight excluding hydrogens is 436 g/mol. The van der Waals surface area contributed by atoms with Crippen molar-refractivity contribution in [3.8, 4) is 22.6 Å². The molecule has 4 heterocycles. The van der Waals surface area contributed by atoms with Crippen molar-refractivity contribution in [2.24, 2.45) is 0 Å². The monoisotopic (exact) mass is 456 g/mol. The molecule has 1 unspecified atom stereocenters. The van der Waals surface area contributed by atoms with E-state index in [1.165, 1.54) is 6.20 Å². The summed E-state index contributed by atoms with van der Waals surface area (Å²) >= 11 is 0. The first kappa shape index (κ1) is 20.2. The quantitative estimate of drug-likeness (QED) is 0.636. The molecule has 3 amide bonds. The Morgan fingerprint density at radius 2 is 1.82 bits per heavy atom. The van der Waals surface area contributed by atoms with E-state index in [1.807, 2.05) is 24.3 Å². The lowest BCUT2D eigenvalue weighted by molar-refractivity contribution is -0.121. The van der Waals surface area contributed by atoms with Crippen LogP contribution in [-0.2, 0) is 4.79 Å². The molecule has 2 aromatic carbocycles. The van der Waals surface area contributed by atoms with E-state index < -0.39 is 6.04 Å². The van der Waals surface area contributed by atoms with Crippen LogP contribution in [0.1, 0.15) is 20.7 Å². The summed E-state index contributed by atoms with van der Waals surface area (Å²) in [5, 5.41) is 2.88. The third-order valence-corrected chi connectivity index (χ3v) is 6.35. The number of hydrogen-bond acceptors (Lipinski definition) is 6. The van der Waals surface area contributed by atoms with E-state index in [1.54, 1.807) is 40.3 Å². The zero-order chi connectivity index (χ0) is 23.2. The molecule has 3 aliphatic rings. The highest BCUT2D eigenvalue weighted by molar-refractivity contribution is 6.11. The number of ether oxygens (including phenoxy) is 2. The van der Waals surface area contributed by atoms with Crippen LogP contribution >= 0.6 is 0 Å². The van der Waals surface area contributed by atoms with Gasteiger partial charge in [0.2, 0.25) is 12.7 Å². The van der Waals surface area contributed by atoms with E-state index >= 15 is 0 Å². The third kappa shape index (κ3) is 3.33. The van der Waals surface area contributed by atoms with Crippen molar-refractivity contribution in [3.63, 3.8) is 0 Å². The van der Waals surface area contributed by atoms with Crippen molar-refractivity contribution < 1.29 is 23.9 Å². The first-order chi connectivity index (χ1) is 16.6. The molecule has 1 aromatic heterocycles. The van der Waals surface area contributed by atoms with Gasteiger partial charge in [-0.3, -0.25) is 19.4 Å². The van der Waals surface area contributed by atoms with Crippen molar-refractivity contribution in [1.82, 2.24) is 14.8 Å². The number of anilines is 1. The molecule has 6 rings (SSSR count). The van der Waals surface area contributed by atoms with Gasteiger partial charge in [0.15, 0.2) is 11.5 Å². The average Bonchev–Trinajstić information content (AvgIpc) is 3.32. The van der Waals surface area contributed by atoms with Crippen LogP contribution in [0.15, 0.2) is 60.9 Å². The fourth-order valence-corrected chi connectivity index (χ4v) is 4.56. The molecule has 170 valence electrons. The molecule has 3 aliphatic heterocycles. The summed E-state index contributed by atoms with van der Waals surface area (Å²) in [5.41, 5.74) is 3.02. The molecule has 1 saturated heterocycles. The van der Waals surface area contributed by atoms with Gasteiger partial charge in [0.05, 0.1) is 23.4 Å². The lowest BCUT2D eigenvalue weighted by Gasteiger charge is -2.39. The van der Waals surface area contributed by atoms with E-state index in [2.05, 4.69) is 10.3 Å². The van der Waals surface area contributed by atoms with Crippen LogP contribution in [0.25, 0.3) is 11.1 Å². The highest BCUT2D eigenvalue weighted by Crippen LogP contribution is 2.37. The molecule has 9 heteroatoms. The minimum atomic E-state index is -0.775. The summed E-state index contributed by atoms with van der Waals surface area (Å²) in [4.78, 5) is 46.6. The van der Waals surface area contributed by atoms with Crippen LogP contribution in [0.5, 0.6) is 11.5 Å². The molecule has 1 atom stereocenters. The van der Waals surface area contributed by atoms with Crippen LogP contribution in [-0.4, -0.2) is 65.0 Å². The summed E-state index contributed by atoms with van der Waals surface area (Å²) in [6.45, 7) is 0.898. The van der Waals surface area contributed by atoms with Crippen molar-refractivity contribution in [2.45, 2.75) is 6.04 Å².